The third kappa shape index (κ3) is 7.82. The van der Waals surface area contributed by atoms with E-state index in [1.165, 1.54) is 31.4 Å². The lowest BCUT2D eigenvalue weighted by Gasteiger charge is -2.24. The minimum absolute atomic E-state index is 0.0559. The second-order valence-electron chi connectivity index (χ2n) is 8.13. The number of halogens is 1. The predicted octanol–water partition coefficient (Wildman–Crippen LogP) is 1.65. The van der Waals surface area contributed by atoms with Crippen molar-refractivity contribution in [2.24, 2.45) is 11.8 Å². The molecular weight excluding hydrogens is 421 g/mol. The summed E-state index contributed by atoms with van der Waals surface area (Å²) in [4.78, 5) is 49.2. The molecule has 176 valence electrons. The van der Waals surface area contributed by atoms with Gasteiger partial charge in [-0.2, -0.15) is 0 Å². The van der Waals surface area contributed by atoms with Crippen LogP contribution in [0.25, 0.3) is 0 Å². The molecule has 0 saturated carbocycles. The van der Waals surface area contributed by atoms with Crippen LogP contribution >= 0.6 is 0 Å². The van der Waals surface area contributed by atoms with E-state index in [1.807, 2.05) is 13.8 Å². The molecule has 9 nitrogen and oxygen atoms in total. The summed E-state index contributed by atoms with van der Waals surface area (Å²) in [7, 11) is 1.20. The van der Waals surface area contributed by atoms with Gasteiger partial charge in [0.25, 0.3) is 0 Å². The average molecular weight is 451 g/mol. The van der Waals surface area contributed by atoms with E-state index in [0.717, 1.165) is 0 Å². The molecule has 0 aliphatic carbocycles. The van der Waals surface area contributed by atoms with Gasteiger partial charge in [0.2, 0.25) is 11.8 Å². The Labute approximate surface area is 186 Å². The summed E-state index contributed by atoms with van der Waals surface area (Å²) in [5.74, 6) is -2.17. The molecule has 1 aliphatic rings. The number of nitrogens with one attached hydrogen (secondary N) is 3. The van der Waals surface area contributed by atoms with Gasteiger partial charge in [-0.3, -0.25) is 9.59 Å². The van der Waals surface area contributed by atoms with E-state index in [9.17, 15) is 23.6 Å². The molecule has 10 heteroatoms. The SMILES string of the molecule is COC(=O)[C@H](CC1CCNC1=O)NC(=O)[C@H](CC(C)C)NC(=O)OCc1ccc(F)cc1. The van der Waals surface area contributed by atoms with Gasteiger partial charge in [-0.25, -0.2) is 14.0 Å². The van der Waals surface area contributed by atoms with Crippen LogP contribution in [0.2, 0.25) is 0 Å². The summed E-state index contributed by atoms with van der Waals surface area (Å²) in [5, 5.41) is 7.81. The van der Waals surface area contributed by atoms with Crippen molar-refractivity contribution in [3.05, 3.63) is 35.6 Å². The zero-order valence-electron chi connectivity index (χ0n) is 18.5. The van der Waals surface area contributed by atoms with Gasteiger partial charge < -0.3 is 25.4 Å². The molecule has 1 heterocycles. The van der Waals surface area contributed by atoms with Crippen LogP contribution in [0.15, 0.2) is 24.3 Å². The number of alkyl carbamates (subject to hydrolysis) is 1. The molecule has 0 bridgehead atoms. The highest BCUT2D eigenvalue weighted by atomic mass is 19.1. The molecule has 1 aromatic rings. The summed E-state index contributed by atoms with van der Waals surface area (Å²) in [6.07, 6.45) is 0.147. The van der Waals surface area contributed by atoms with E-state index in [0.29, 0.717) is 24.9 Å². The smallest absolute Gasteiger partial charge is 0.408 e. The van der Waals surface area contributed by atoms with E-state index in [1.54, 1.807) is 0 Å². The first-order chi connectivity index (χ1) is 15.2. The molecule has 1 fully saturated rings. The van der Waals surface area contributed by atoms with Gasteiger partial charge in [0.1, 0.15) is 24.5 Å². The van der Waals surface area contributed by atoms with Crippen molar-refractivity contribution < 1.29 is 33.0 Å². The first kappa shape index (κ1) is 25.1. The lowest BCUT2D eigenvalue weighted by Crippen LogP contribution is -2.53. The largest absolute Gasteiger partial charge is 0.467 e. The van der Waals surface area contributed by atoms with E-state index in [-0.39, 0.29) is 24.9 Å². The minimum Gasteiger partial charge on any atom is -0.467 e. The Morgan fingerprint density at radius 2 is 1.84 bits per heavy atom. The summed E-state index contributed by atoms with van der Waals surface area (Å²) in [6.45, 7) is 4.19. The first-order valence-corrected chi connectivity index (χ1v) is 10.5. The fraction of sp³-hybridized carbons (Fsp3) is 0.545. The van der Waals surface area contributed by atoms with Gasteiger partial charge in [0.15, 0.2) is 0 Å². The van der Waals surface area contributed by atoms with E-state index in [4.69, 9.17) is 9.47 Å². The summed E-state index contributed by atoms with van der Waals surface area (Å²) in [5.41, 5.74) is 0.590. The van der Waals surface area contributed by atoms with Crippen molar-refractivity contribution in [2.75, 3.05) is 13.7 Å². The molecule has 0 spiro atoms. The molecule has 1 aliphatic heterocycles. The molecule has 3 atom stereocenters. The summed E-state index contributed by atoms with van der Waals surface area (Å²) >= 11 is 0. The number of methoxy groups -OCH3 is 1. The van der Waals surface area contributed by atoms with Crippen LogP contribution < -0.4 is 16.0 Å². The number of hydrogen-bond acceptors (Lipinski definition) is 6. The van der Waals surface area contributed by atoms with Crippen LogP contribution in [-0.4, -0.2) is 49.6 Å². The van der Waals surface area contributed by atoms with Crippen molar-refractivity contribution in [1.29, 1.82) is 0 Å². The number of carbonyl (C=O) groups excluding carboxylic acids is 4. The van der Waals surface area contributed by atoms with Crippen LogP contribution in [-0.2, 0) is 30.5 Å². The molecule has 1 unspecified atom stereocenters. The molecule has 3 N–H and O–H groups in total. The number of rotatable bonds is 10. The molecule has 32 heavy (non-hydrogen) atoms. The van der Waals surface area contributed by atoms with E-state index >= 15 is 0 Å². The van der Waals surface area contributed by atoms with Crippen molar-refractivity contribution >= 4 is 23.9 Å². The van der Waals surface area contributed by atoms with E-state index in [2.05, 4.69) is 16.0 Å². The van der Waals surface area contributed by atoms with Crippen molar-refractivity contribution in [2.45, 2.75) is 51.8 Å². The second-order valence-corrected chi connectivity index (χ2v) is 8.13. The third-order valence-electron chi connectivity index (χ3n) is 5.08. The molecule has 1 aromatic carbocycles. The Morgan fingerprint density at radius 1 is 1.16 bits per heavy atom. The number of benzene rings is 1. The Bertz CT molecular complexity index is 814. The zero-order valence-corrected chi connectivity index (χ0v) is 18.5. The van der Waals surface area contributed by atoms with Crippen molar-refractivity contribution in [3.63, 3.8) is 0 Å². The lowest BCUT2D eigenvalue weighted by molar-refractivity contribution is -0.146. The number of esters is 1. The monoisotopic (exact) mass is 451 g/mol. The van der Waals surface area contributed by atoms with Crippen LogP contribution in [0, 0.1) is 17.7 Å². The number of carbonyl (C=O) groups is 4. The molecule has 0 aromatic heterocycles. The molecule has 1 saturated heterocycles. The van der Waals surface area contributed by atoms with Gasteiger partial charge in [-0.15, -0.1) is 0 Å². The molecule has 2 rings (SSSR count). The Balaban J connectivity index is 1.99. The highest BCUT2D eigenvalue weighted by Crippen LogP contribution is 2.17. The van der Waals surface area contributed by atoms with Crippen LogP contribution in [0.1, 0.15) is 38.7 Å². The Hall–Kier alpha value is -3.17. The van der Waals surface area contributed by atoms with Gasteiger partial charge in [0, 0.05) is 12.5 Å². The van der Waals surface area contributed by atoms with Crippen LogP contribution in [0.3, 0.4) is 0 Å². The van der Waals surface area contributed by atoms with Crippen LogP contribution in [0.5, 0.6) is 0 Å². The quantitative estimate of drug-likeness (QED) is 0.465. The summed E-state index contributed by atoms with van der Waals surface area (Å²) in [6, 6.07) is 3.50. The van der Waals surface area contributed by atoms with Gasteiger partial charge in [-0.1, -0.05) is 26.0 Å². The number of ether oxygens (including phenoxy) is 2. The van der Waals surface area contributed by atoms with E-state index < -0.39 is 41.8 Å². The topological polar surface area (TPSA) is 123 Å². The minimum atomic E-state index is -1.02. The maximum Gasteiger partial charge on any atom is 0.408 e. The van der Waals surface area contributed by atoms with Gasteiger partial charge in [-0.05, 0) is 42.9 Å². The average Bonchev–Trinajstić information content (AvgIpc) is 3.15. The number of hydrogen-bond donors (Lipinski definition) is 3. The lowest BCUT2D eigenvalue weighted by atomic mass is 9.97. The maximum absolute atomic E-state index is 13.0. The fourth-order valence-electron chi connectivity index (χ4n) is 3.40. The molecular formula is C22H30FN3O6. The summed E-state index contributed by atoms with van der Waals surface area (Å²) < 4.78 is 22.9. The maximum atomic E-state index is 13.0. The van der Waals surface area contributed by atoms with Gasteiger partial charge >= 0.3 is 12.1 Å². The van der Waals surface area contributed by atoms with Crippen molar-refractivity contribution in [3.8, 4) is 0 Å². The van der Waals surface area contributed by atoms with Gasteiger partial charge in [0.05, 0.1) is 7.11 Å². The predicted molar refractivity (Wildman–Crippen MR) is 113 cm³/mol. The van der Waals surface area contributed by atoms with Crippen LogP contribution in [0.4, 0.5) is 9.18 Å². The fourth-order valence-corrected chi connectivity index (χ4v) is 3.40. The normalized spacial score (nSPS) is 17.3. The number of amides is 3. The molecule has 0 radical (unpaired) electrons. The zero-order chi connectivity index (χ0) is 23.7. The Morgan fingerprint density at radius 3 is 2.41 bits per heavy atom. The first-order valence-electron chi connectivity index (χ1n) is 10.5. The standard InChI is InChI=1S/C22H30FN3O6/c1-13(2)10-17(26-22(30)32-12-14-4-6-16(23)7-5-14)20(28)25-18(21(29)31-3)11-15-8-9-24-19(15)27/h4-7,13,15,17-18H,8-12H2,1-3H3,(H,24,27)(H,25,28)(H,26,30)/t15?,17-,18-/m0/s1. The van der Waals surface area contributed by atoms with Crippen molar-refractivity contribution in [1.82, 2.24) is 16.0 Å². The highest BCUT2D eigenvalue weighted by Gasteiger charge is 2.33. The Kier molecular flexibility index (Phi) is 9.42. The third-order valence-corrected chi connectivity index (χ3v) is 5.08. The molecule has 3 amide bonds. The highest BCUT2D eigenvalue weighted by molar-refractivity contribution is 5.90. The second kappa shape index (κ2) is 12.0.